The van der Waals surface area contributed by atoms with Crippen molar-refractivity contribution in [3.05, 3.63) is 42.5 Å². The molecule has 1 aliphatic carbocycles. The highest BCUT2D eigenvalue weighted by atomic mass is 16.4. The molecule has 0 unspecified atom stereocenters. The number of rotatable bonds is 4. The third kappa shape index (κ3) is 2.83. The van der Waals surface area contributed by atoms with E-state index in [1.807, 2.05) is 30.3 Å². The number of benzene rings is 1. The molecule has 2 aromatic rings. The first-order valence-corrected chi connectivity index (χ1v) is 7.16. The minimum Gasteiger partial charge on any atom is -0.481 e. The molecule has 22 heavy (non-hydrogen) atoms. The Balaban J connectivity index is 1.71. The SMILES string of the molecule is O=C(N[C@H]1CCC[C@H]1C(=O)O)c1ncn(-c2ccccc2)n1. The largest absolute Gasteiger partial charge is 0.481 e. The molecule has 0 spiro atoms. The molecule has 1 aromatic heterocycles. The first-order chi connectivity index (χ1) is 10.6. The molecule has 3 rings (SSSR count). The van der Waals surface area contributed by atoms with Crippen molar-refractivity contribution in [2.45, 2.75) is 25.3 Å². The fourth-order valence-corrected chi connectivity index (χ4v) is 2.73. The molecule has 2 atom stereocenters. The highest BCUT2D eigenvalue weighted by Crippen LogP contribution is 2.25. The molecule has 1 amide bonds. The molecule has 0 radical (unpaired) electrons. The zero-order chi connectivity index (χ0) is 15.5. The Labute approximate surface area is 127 Å². The van der Waals surface area contributed by atoms with Crippen LogP contribution >= 0.6 is 0 Å². The number of hydrogen-bond donors (Lipinski definition) is 2. The molecule has 1 aromatic carbocycles. The van der Waals surface area contributed by atoms with Gasteiger partial charge in [-0.15, -0.1) is 5.10 Å². The molecule has 1 aliphatic rings. The van der Waals surface area contributed by atoms with Crippen molar-refractivity contribution in [2.24, 2.45) is 5.92 Å². The van der Waals surface area contributed by atoms with Crippen molar-refractivity contribution in [3.8, 4) is 5.69 Å². The van der Waals surface area contributed by atoms with E-state index in [0.29, 0.717) is 12.8 Å². The van der Waals surface area contributed by atoms with Gasteiger partial charge >= 0.3 is 5.97 Å². The Morgan fingerprint density at radius 1 is 1.23 bits per heavy atom. The lowest BCUT2D eigenvalue weighted by molar-refractivity contribution is -0.142. The van der Waals surface area contributed by atoms with Crippen molar-refractivity contribution >= 4 is 11.9 Å². The first kappa shape index (κ1) is 14.2. The lowest BCUT2D eigenvalue weighted by Gasteiger charge is -2.16. The molecule has 1 heterocycles. The lowest BCUT2D eigenvalue weighted by atomic mass is 10.0. The molecule has 7 nitrogen and oxygen atoms in total. The summed E-state index contributed by atoms with van der Waals surface area (Å²) in [4.78, 5) is 27.3. The maximum Gasteiger partial charge on any atom is 0.308 e. The second-order valence-electron chi connectivity index (χ2n) is 5.30. The molecule has 2 N–H and O–H groups in total. The molecule has 1 fully saturated rings. The molecule has 7 heteroatoms. The third-order valence-electron chi connectivity index (χ3n) is 3.87. The number of carboxylic acid groups (broad SMARTS) is 1. The number of amides is 1. The predicted molar refractivity (Wildman–Crippen MR) is 77.6 cm³/mol. The second kappa shape index (κ2) is 5.97. The van der Waals surface area contributed by atoms with E-state index in [0.717, 1.165) is 12.1 Å². The molecular weight excluding hydrogens is 284 g/mol. The number of aromatic nitrogens is 3. The van der Waals surface area contributed by atoms with Gasteiger partial charge in [0.25, 0.3) is 5.91 Å². The lowest BCUT2D eigenvalue weighted by Crippen LogP contribution is -2.40. The first-order valence-electron chi connectivity index (χ1n) is 7.16. The highest BCUT2D eigenvalue weighted by molar-refractivity contribution is 5.91. The van der Waals surface area contributed by atoms with Crippen molar-refractivity contribution < 1.29 is 14.7 Å². The number of carbonyl (C=O) groups is 2. The molecule has 0 aliphatic heterocycles. The Bertz CT molecular complexity index is 683. The van der Waals surface area contributed by atoms with Gasteiger partial charge in [0.2, 0.25) is 5.82 Å². The van der Waals surface area contributed by atoms with Crippen molar-refractivity contribution in [3.63, 3.8) is 0 Å². The number of carbonyl (C=O) groups excluding carboxylic acids is 1. The Kier molecular flexibility index (Phi) is 3.86. The van der Waals surface area contributed by atoms with Gasteiger partial charge in [-0.1, -0.05) is 24.6 Å². The maximum atomic E-state index is 12.2. The topological polar surface area (TPSA) is 97.1 Å². The van der Waals surface area contributed by atoms with Crippen molar-refractivity contribution in [1.82, 2.24) is 20.1 Å². The van der Waals surface area contributed by atoms with Gasteiger partial charge in [-0.3, -0.25) is 9.59 Å². The standard InChI is InChI=1S/C15H16N4O3/c20-14(17-12-8-4-7-11(12)15(21)22)13-16-9-19(18-13)10-5-2-1-3-6-10/h1-3,5-6,9,11-12H,4,7-8H2,(H,17,20)(H,21,22)/t11-,12+/m1/s1. The van der Waals surface area contributed by atoms with Gasteiger partial charge in [0.1, 0.15) is 6.33 Å². The number of nitrogens with zero attached hydrogens (tertiary/aromatic N) is 3. The average Bonchev–Trinajstić information content (AvgIpc) is 3.17. The second-order valence-corrected chi connectivity index (χ2v) is 5.30. The van der Waals surface area contributed by atoms with E-state index in [9.17, 15) is 9.59 Å². The number of aliphatic carboxylic acids is 1. The van der Waals surface area contributed by atoms with Gasteiger partial charge in [0, 0.05) is 6.04 Å². The van der Waals surface area contributed by atoms with Crippen LogP contribution in [-0.2, 0) is 4.79 Å². The quantitative estimate of drug-likeness (QED) is 0.885. The third-order valence-corrected chi connectivity index (χ3v) is 3.87. The molecular formula is C15H16N4O3. The van der Waals surface area contributed by atoms with Crippen LogP contribution in [0.2, 0.25) is 0 Å². The smallest absolute Gasteiger partial charge is 0.308 e. The van der Waals surface area contributed by atoms with Crippen LogP contribution in [0, 0.1) is 5.92 Å². The van der Waals surface area contributed by atoms with Crippen LogP contribution < -0.4 is 5.32 Å². The highest BCUT2D eigenvalue weighted by Gasteiger charge is 2.34. The summed E-state index contributed by atoms with van der Waals surface area (Å²) >= 11 is 0. The van der Waals surface area contributed by atoms with Crippen LogP contribution in [0.15, 0.2) is 36.7 Å². The number of hydrogen-bond acceptors (Lipinski definition) is 4. The summed E-state index contributed by atoms with van der Waals surface area (Å²) in [6.45, 7) is 0. The Morgan fingerprint density at radius 2 is 2.00 bits per heavy atom. The minimum atomic E-state index is -0.870. The zero-order valence-electron chi connectivity index (χ0n) is 11.8. The van der Waals surface area contributed by atoms with Crippen LogP contribution in [0.5, 0.6) is 0 Å². The van der Waals surface area contributed by atoms with Crippen LogP contribution in [0.1, 0.15) is 29.9 Å². The zero-order valence-corrected chi connectivity index (χ0v) is 11.8. The fourth-order valence-electron chi connectivity index (χ4n) is 2.73. The van der Waals surface area contributed by atoms with E-state index in [2.05, 4.69) is 15.4 Å². The van der Waals surface area contributed by atoms with Gasteiger partial charge < -0.3 is 10.4 Å². The fraction of sp³-hybridized carbons (Fsp3) is 0.333. The molecule has 0 bridgehead atoms. The van der Waals surface area contributed by atoms with E-state index in [1.54, 1.807) is 0 Å². The van der Waals surface area contributed by atoms with E-state index >= 15 is 0 Å². The molecule has 1 saturated carbocycles. The normalized spacial score (nSPS) is 20.7. The van der Waals surface area contributed by atoms with Crippen molar-refractivity contribution in [2.75, 3.05) is 0 Å². The summed E-state index contributed by atoms with van der Waals surface area (Å²) in [6, 6.07) is 8.98. The van der Waals surface area contributed by atoms with Gasteiger partial charge in [0.05, 0.1) is 11.6 Å². The van der Waals surface area contributed by atoms with E-state index in [4.69, 9.17) is 5.11 Å². The number of para-hydroxylation sites is 1. The van der Waals surface area contributed by atoms with E-state index in [1.165, 1.54) is 11.0 Å². The summed E-state index contributed by atoms with van der Waals surface area (Å²) < 4.78 is 1.51. The summed E-state index contributed by atoms with van der Waals surface area (Å²) in [5.74, 6) is -1.79. The Hall–Kier alpha value is -2.70. The van der Waals surface area contributed by atoms with Crippen LogP contribution in [0.4, 0.5) is 0 Å². The molecule has 114 valence electrons. The summed E-state index contributed by atoms with van der Waals surface area (Å²) in [5, 5.41) is 16.0. The number of nitrogens with one attached hydrogen (secondary N) is 1. The van der Waals surface area contributed by atoms with Crippen LogP contribution in [-0.4, -0.2) is 37.8 Å². The maximum absolute atomic E-state index is 12.2. The van der Waals surface area contributed by atoms with Gasteiger partial charge in [-0.2, -0.15) is 0 Å². The summed E-state index contributed by atoms with van der Waals surface area (Å²) in [7, 11) is 0. The minimum absolute atomic E-state index is 0.0416. The summed E-state index contributed by atoms with van der Waals surface area (Å²) in [6.07, 6.45) is 3.52. The monoisotopic (exact) mass is 300 g/mol. The summed E-state index contributed by atoms with van der Waals surface area (Å²) in [5.41, 5.74) is 0.804. The van der Waals surface area contributed by atoms with Gasteiger partial charge in [-0.05, 0) is 25.0 Å². The average molecular weight is 300 g/mol. The van der Waals surface area contributed by atoms with E-state index in [-0.39, 0.29) is 11.9 Å². The van der Waals surface area contributed by atoms with E-state index < -0.39 is 17.8 Å². The van der Waals surface area contributed by atoms with Gasteiger partial charge in [0.15, 0.2) is 0 Å². The Morgan fingerprint density at radius 3 is 2.73 bits per heavy atom. The number of carboxylic acids is 1. The van der Waals surface area contributed by atoms with Crippen LogP contribution in [0.25, 0.3) is 5.69 Å². The van der Waals surface area contributed by atoms with Gasteiger partial charge in [-0.25, -0.2) is 9.67 Å². The van der Waals surface area contributed by atoms with Crippen molar-refractivity contribution in [1.29, 1.82) is 0 Å². The molecule has 0 saturated heterocycles. The predicted octanol–water partition coefficient (Wildman–Crippen LogP) is 1.25. The van der Waals surface area contributed by atoms with Crippen LogP contribution in [0.3, 0.4) is 0 Å².